The van der Waals surface area contributed by atoms with Crippen molar-refractivity contribution < 1.29 is 17.9 Å². The fraction of sp³-hybridized carbons (Fsp3) is 0.214. The summed E-state index contributed by atoms with van der Waals surface area (Å²) in [6, 6.07) is 8.10. The van der Waals surface area contributed by atoms with Crippen molar-refractivity contribution in [1.29, 1.82) is 0 Å². The Morgan fingerprint density at radius 1 is 1.24 bits per heavy atom. The van der Waals surface area contributed by atoms with Crippen molar-refractivity contribution in [2.45, 2.75) is 12.7 Å². The number of aromatic nitrogens is 1. The predicted molar refractivity (Wildman–Crippen MR) is 74.0 cm³/mol. The zero-order valence-corrected chi connectivity index (χ0v) is 11.2. The number of hydrogen-bond donors (Lipinski definition) is 2. The summed E-state index contributed by atoms with van der Waals surface area (Å²) in [5.41, 5.74) is 5.78. The Labute approximate surface area is 119 Å². The molecule has 0 aliphatic heterocycles. The Bertz CT molecular complexity index is 612. The number of halogens is 3. The zero-order valence-electron chi connectivity index (χ0n) is 11.2. The summed E-state index contributed by atoms with van der Waals surface area (Å²) in [5.74, 6) is 0.732. The summed E-state index contributed by atoms with van der Waals surface area (Å²) in [6.07, 6.45) is -3.73. The molecular weight excluding hydrogens is 283 g/mol. The SMILES string of the molecule is COc1ccc(CNc2cc(C(F)(F)F)cnc2N)cc1. The molecule has 2 rings (SSSR count). The Kier molecular flexibility index (Phi) is 4.21. The minimum absolute atomic E-state index is 0.0245. The lowest BCUT2D eigenvalue weighted by Crippen LogP contribution is -2.10. The van der Waals surface area contributed by atoms with Gasteiger partial charge in [0.05, 0.1) is 18.4 Å². The van der Waals surface area contributed by atoms with Crippen molar-refractivity contribution in [3.05, 3.63) is 47.7 Å². The first-order valence-corrected chi connectivity index (χ1v) is 6.09. The van der Waals surface area contributed by atoms with Crippen molar-refractivity contribution in [2.24, 2.45) is 0 Å². The third-order valence-electron chi connectivity index (χ3n) is 2.89. The smallest absolute Gasteiger partial charge is 0.417 e. The van der Waals surface area contributed by atoms with E-state index in [0.717, 1.165) is 11.6 Å². The maximum Gasteiger partial charge on any atom is 0.417 e. The summed E-state index contributed by atoms with van der Waals surface area (Å²) in [7, 11) is 1.56. The second-order valence-corrected chi connectivity index (χ2v) is 4.36. The van der Waals surface area contributed by atoms with Crippen molar-refractivity contribution >= 4 is 11.5 Å². The second-order valence-electron chi connectivity index (χ2n) is 4.36. The Balaban J connectivity index is 2.11. The normalized spacial score (nSPS) is 11.2. The molecule has 0 saturated heterocycles. The first-order valence-electron chi connectivity index (χ1n) is 6.09. The van der Waals surface area contributed by atoms with E-state index in [2.05, 4.69) is 10.3 Å². The Morgan fingerprint density at radius 3 is 2.48 bits per heavy atom. The monoisotopic (exact) mass is 297 g/mol. The average Bonchev–Trinajstić information content (AvgIpc) is 2.45. The van der Waals surface area contributed by atoms with Gasteiger partial charge < -0.3 is 15.8 Å². The van der Waals surface area contributed by atoms with Crippen molar-refractivity contribution in [2.75, 3.05) is 18.2 Å². The summed E-state index contributed by atoms with van der Waals surface area (Å²) in [6.45, 7) is 0.331. The van der Waals surface area contributed by atoms with Gasteiger partial charge in [-0.15, -0.1) is 0 Å². The van der Waals surface area contributed by atoms with Crippen LogP contribution in [-0.2, 0) is 12.7 Å². The molecule has 1 heterocycles. The van der Waals surface area contributed by atoms with Crippen LogP contribution in [0.2, 0.25) is 0 Å². The van der Waals surface area contributed by atoms with E-state index in [4.69, 9.17) is 10.5 Å². The minimum Gasteiger partial charge on any atom is -0.497 e. The van der Waals surface area contributed by atoms with Gasteiger partial charge in [0.25, 0.3) is 0 Å². The van der Waals surface area contributed by atoms with Gasteiger partial charge in [-0.2, -0.15) is 13.2 Å². The highest BCUT2D eigenvalue weighted by atomic mass is 19.4. The molecule has 0 bridgehead atoms. The molecule has 112 valence electrons. The van der Waals surface area contributed by atoms with E-state index in [1.807, 2.05) is 12.1 Å². The van der Waals surface area contributed by atoms with Crippen molar-refractivity contribution in [1.82, 2.24) is 4.98 Å². The van der Waals surface area contributed by atoms with E-state index >= 15 is 0 Å². The number of nitrogens with zero attached hydrogens (tertiary/aromatic N) is 1. The van der Waals surface area contributed by atoms with Crippen molar-refractivity contribution in [3.63, 3.8) is 0 Å². The lowest BCUT2D eigenvalue weighted by Gasteiger charge is -2.12. The van der Waals surface area contributed by atoms with E-state index in [1.165, 1.54) is 0 Å². The van der Waals surface area contributed by atoms with Crippen LogP contribution in [0.4, 0.5) is 24.7 Å². The third-order valence-corrected chi connectivity index (χ3v) is 2.89. The molecule has 1 aromatic carbocycles. The van der Waals surface area contributed by atoms with E-state index in [0.29, 0.717) is 18.5 Å². The summed E-state index contributed by atoms with van der Waals surface area (Å²) in [5, 5.41) is 2.85. The number of rotatable bonds is 4. The highest BCUT2D eigenvalue weighted by Gasteiger charge is 2.31. The summed E-state index contributed by atoms with van der Waals surface area (Å²) >= 11 is 0. The molecular formula is C14H14F3N3O. The number of pyridine rings is 1. The highest BCUT2D eigenvalue weighted by Crippen LogP contribution is 2.31. The van der Waals surface area contributed by atoms with Gasteiger partial charge in [0.1, 0.15) is 11.6 Å². The number of nitrogens with two attached hydrogens (primary N) is 1. The molecule has 0 amide bonds. The topological polar surface area (TPSA) is 60.2 Å². The fourth-order valence-electron chi connectivity index (χ4n) is 1.71. The number of hydrogen-bond acceptors (Lipinski definition) is 4. The maximum atomic E-state index is 12.6. The number of methoxy groups -OCH3 is 1. The molecule has 3 N–H and O–H groups in total. The van der Waals surface area contributed by atoms with Crippen LogP contribution in [0.25, 0.3) is 0 Å². The van der Waals surface area contributed by atoms with Gasteiger partial charge in [-0.3, -0.25) is 0 Å². The van der Waals surface area contributed by atoms with Gasteiger partial charge in [-0.1, -0.05) is 12.1 Å². The van der Waals surface area contributed by atoms with Gasteiger partial charge >= 0.3 is 6.18 Å². The molecule has 7 heteroatoms. The molecule has 4 nitrogen and oxygen atoms in total. The fourth-order valence-corrected chi connectivity index (χ4v) is 1.71. The molecule has 0 unspecified atom stereocenters. The molecule has 0 aliphatic carbocycles. The molecule has 0 spiro atoms. The first kappa shape index (κ1) is 15.0. The predicted octanol–water partition coefficient (Wildman–Crippen LogP) is 3.30. The molecule has 2 aromatic rings. The average molecular weight is 297 g/mol. The number of alkyl halides is 3. The van der Waals surface area contributed by atoms with Crippen LogP contribution in [0.5, 0.6) is 5.75 Å². The molecule has 0 aliphatic rings. The molecule has 0 atom stereocenters. The minimum atomic E-state index is -4.45. The summed E-state index contributed by atoms with van der Waals surface area (Å²) in [4.78, 5) is 3.56. The van der Waals surface area contributed by atoms with Gasteiger partial charge in [-0.05, 0) is 23.8 Å². The molecule has 0 saturated carbocycles. The largest absolute Gasteiger partial charge is 0.497 e. The zero-order chi connectivity index (χ0) is 15.5. The molecule has 1 aromatic heterocycles. The standard InChI is InChI=1S/C14H14F3N3O/c1-21-11-4-2-9(3-5-11)7-19-12-6-10(14(15,16)17)8-20-13(12)18/h2-6,8,19H,7H2,1H3,(H2,18,20). The van der Waals surface area contributed by atoms with Crippen LogP contribution in [-0.4, -0.2) is 12.1 Å². The first-order chi connectivity index (χ1) is 9.90. The number of anilines is 2. The van der Waals surface area contributed by atoms with Crippen LogP contribution in [0.15, 0.2) is 36.5 Å². The number of nitrogens with one attached hydrogen (secondary N) is 1. The van der Waals surface area contributed by atoms with E-state index in [9.17, 15) is 13.2 Å². The van der Waals surface area contributed by atoms with Crippen LogP contribution in [0, 0.1) is 0 Å². The maximum absolute atomic E-state index is 12.6. The van der Waals surface area contributed by atoms with Gasteiger partial charge in [0, 0.05) is 12.7 Å². The van der Waals surface area contributed by atoms with Crippen LogP contribution >= 0.6 is 0 Å². The third kappa shape index (κ3) is 3.77. The van der Waals surface area contributed by atoms with Crippen LogP contribution in [0.1, 0.15) is 11.1 Å². The van der Waals surface area contributed by atoms with Crippen molar-refractivity contribution in [3.8, 4) is 5.75 Å². The quantitative estimate of drug-likeness (QED) is 0.909. The van der Waals surface area contributed by atoms with Crippen LogP contribution in [0.3, 0.4) is 0 Å². The van der Waals surface area contributed by atoms with E-state index in [1.54, 1.807) is 19.2 Å². The molecule has 21 heavy (non-hydrogen) atoms. The Morgan fingerprint density at radius 2 is 1.90 bits per heavy atom. The highest BCUT2D eigenvalue weighted by molar-refractivity contribution is 5.62. The lowest BCUT2D eigenvalue weighted by molar-refractivity contribution is -0.137. The van der Waals surface area contributed by atoms with Gasteiger partial charge in [0.2, 0.25) is 0 Å². The van der Waals surface area contributed by atoms with E-state index in [-0.39, 0.29) is 11.5 Å². The number of nitrogen functional groups attached to an aromatic ring is 1. The molecule has 0 fully saturated rings. The van der Waals surface area contributed by atoms with Gasteiger partial charge in [-0.25, -0.2) is 4.98 Å². The Hall–Kier alpha value is -2.44. The molecule has 0 radical (unpaired) electrons. The lowest BCUT2D eigenvalue weighted by atomic mass is 10.2. The van der Waals surface area contributed by atoms with Crippen LogP contribution < -0.4 is 15.8 Å². The summed E-state index contributed by atoms with van der Waals surface area (Å²) < 4.78 is 42.9. The number of ether oxygens (including phenoxy) is 1. The van der Waals surface area contributed by atoms with Gasteiger partial charge in [0.15, 0.2) is 0 Å². The number of benzene rings is 1. The van der Waals surface area contributed by atoms with E-state index < -0.39 is 11.7 Å². The second kappa shape index (κ2) is 5.90.